The molecule has 2 rings (SSSR count). The zero-order chi connectivity index (χ0) is 11.4. The minimum absolute atomic E-state index is 0.0506. The van der Waals surface area contributed by atoms with Crippen molar-refractivity contribution >= 4 is 5.91 Å². The van der Waals surface area contributed by atoms with E-state index in [0.29, 0.717) is 18.8 Å². The van der Waals surface area contributed by atoms with Crippen molar-refractivity contribution in [3.63, 3.8) is 0 Å². The number of hydrogen-bond donors (Lipinski definition) is 2. The maximum absolute atomic E-state index is 11.8. The lowest BCUT2D eigenvalue weighted by Gasteiger charge is -2.27. The van der Waals surface area contributed by atoms with Gasteiger partial charge in [0.15, 0.2) is 5.69 Å². The Morgan fingerprint density at radius 3 is 3.25 bits per heavy atom. The van der Waals surface area contributed by atoms with Crippen molar-refractivity contribution in [1.82, 2.24) is 25.6 Å². The highest BCUT2D eigenvalue weighted by Gasteiger charge is 2.20. The van der Waals surface area contributed by atoms with Gasteiger partial charge in [-0.1, -0.05) is 0 Å². The lowest BCUT2D eigenvalue weighted by molar-refractivity contribution is 0.0102. The average Bonchev–Trinajstić information content (AvgIpc) is 2.83. The lowest BCUT2D eigenvalue weighted by atomic mass is 10.3. The first kappa shape index (κ1) is 11.0. The van der Waals surface area contributed by atoms with Gasteiger partial charge in [-0.3, -0.25) is 4.79 Å². The van der Waals surface area contributed by atoms with E-state index in [2.05, 4.69) is 20.7 Å². The van der Waals surface area contributed by atoms with Crippen LogP contribution in [-0.2, 0) is 4.74 Å². The van der Waals surface area contributed by atoms with Crippen LogP contribution in [0.2, 0.25) is 0 Å². The second kappa shape index (κ2) is 5.04. The number of rotatable bonds is 3. The Morgan fingerprint density at radius 1 is 1.75 bits per heavy atom. The van der Waals surface area contributed by atoms with Gasteiger partial charge in [-0.15, -0.1) is 0 Å². The highest BCUT2D eigenvalue weighted by Crippen LogP contribution is 2.02. The maximum Gasteiger partial charge on any atom is 0.275 e. The second-order valence-electron chi connectivity index (χ2n) is 3.74. The van der Waals surface area contributed by atoms with Gasteiger partial charge in [0.25, 0.3) is 5.91 Å². The smallest absolute Gasteiger partial charge is 0.275 e. The van der Waals surface area contributed by atoms with Gasteiger partial charge in [-0.05, 0) is 0 Å². The standard InChI is InChI=1S/C9H15N5O2/c1-14(6-7-4-10-2-3-16-7)9(15)8-5-11-13-12-8/h5,7,10H,2-4,6H2,1H3,(H,11,12,13). The van der Waals surface area contributed by atoms with E-state index in [-0.39, 0.29) is 12.0 Å². The molecule has 88 valence electrons. The Labute approximate surface area is 93.2 Å². The number of amides is 1. The number of H-pyrrole nitrogens is 1. The van der Waals surface area contributed by atoms with E-state index < -0.39 is 0 Å². The summed E-state index contributed by atoms with van der Waals surface area (Å²) in [6.07, 6.45) is 1.47. The van der Waals surface area contributed by atoms with Crippen molar-refractivity contribution in [1.29, 1.82) is 0 Å². The highest BCUT2D eigenvalue weighted by atomic mass is 16.5. The van der Waals surface area contributed by atoms with Gasteiger partial charge in [0.05, 0.1) is 18.9 Å². The van der Waals surface area contributed by atoms with Gasteiger partial charge in [0, 0.05) is 26.7 Å². The quantitative estimate of drug-likeness (QED) is 0.679. The largest absolute Gasteiger partial charge is 0.374 e. The number of morpholine rings is 1. The molecule has 0 spiro atoms. The molecule has 1 aliphatic rings. The number of hydrogen-bond acceptors (Lipinski definition) is 5. The predicted octanol–water partition coefficient (Wildman–Crippen LogP) is -1.13. The fourth-order valence-electron chi connectivity index (χ4n) is 1.63. The molecule has 1 aromatic rings. The lowest BCUT2D eigenvalue weighted by Crippen LogP contribution is -2.45. The van der Waals surface area contributed by atoms with Crippen molar-refractivity contribution in [2.75, 3.05) is 33.3 Å². The summed E-state index contributed by atoms with van der Waals surface area (Å²) in [5, 5.41) is 13.0. The fourth-order valence-corrected chi connectivity index (χ4v) is 1.63. The normalized spacial score (nSPS) is 20.7. The summed E-state index contributed by atoms with van der Waals surface area (Å²) in [6.45, 7) is 2.89. The summed E-state index contributed by atoms with van der Waals surface area (Å²) in [5.74, 6) is -0.150. The van der Waals surface area contributed by atoms with Crippen LogP contribution in [0.3, 0.4) is 0 Å². The molecule has 1 unspecified atom stereocenters. The van der Waals surface area contributed by atoms with Crippen LogP contribution >= 0.6 is 0 Å². The van der Waals surface area contributed by atoms with Crippen molar-refractivity contribution < 1.29 is 9.53 Å². The van der Waals surface area contributed by atoms with Crippen LogP contribution in [0.25, 0.3) is 0 Å². The maximum atomic E-state index is 11.8. The third-order valence-electron chi connectivity index (χ3n) is 2.46. The molecular weight excluding hydrogens is 210 g/mol. The van der Waals surface area contributed by atoms with E-state index in [1.54, 1.807) is 11.9 Å². The van der Waals surface area contributed by atoms with Crippen LogP contribution in [0.4, 0.5) is 0 Å². The van der Waals surface area contributed by atoms with E-state index in [1.807, 2.05) is 0 Å². The number of nitrogens with zero attached hydrogens (tertiary/aromatic N) is 3. The van der Waals surface area contributed by atoms with Gasteiger partial charge in [-0.25, -0.2) is 0 Å². The summed E-state index contributed by atoms with van der Waals surface area (Å²) in [6, 6.07) is 0. The molecule has 0 bridgehead atoms. The van der Waals surface area contributed by atoms with Crippen molar-refractivity contribution in [2.24, 2.45) is 0 Å². The van der Waals surface area contributed by atoms with Crippen LogP contribution in [0.15, 0.2) is 6.20 Å². The fraction of sp³-hybridized carbons (Fsp3) is 0.667. The Hall–Kier alpha value is -1.47. The number of likely N-dealkylation sites (N-methyl/N-ethyl adjacent to an activating group) is 1. The van der Waals surface area contributed by atoms with Crippen molar-refractivity contribution in [2.45, 2.75) is 6.10 Å². The molecule has 7 nitrogen and oxygen atoms in total. The van der Waals surface area contributed by atoms with E-state index in [0.717, 1.165) is 13.1 Å². The van der Waals surface area contributed by atoms with Gasteiger partial charge < -0.3 is 15.0 Å². The van der Waals surface area contributed by atoms with Crippen LogP contribution in [0.1, 0.15) is 10.5 Å². The van der Waals surface area contributed by atoms with E-state index >= 15 is 0 Å². The molecule has 0 saturated carbocycles. The van der Waals surface area contributed by atoms with Gasteiger partial charge in [0.2, 0.25) is 0 Å². The molecular formula is C9H15N5O2. The van der Waals surface area contributed by atoms with Crippen LogP contribution in [0.5, 0.6) is 0 Å². The minimum Gasteiger partial charge on any atom is -0.374 e. The Morgan fingerprint density at radius 2 is 2.62 bits per heavy atom. The zero-order valence-electron chi connectivity index (χ0n) is 9.14. The molecule has 1 atom stereocenters. The third kappa shape index (κ3) is 2.56. The van der Waals surface area contributed by atoms with Crippen LogP contribution < -0.4 is 5.32 Å². The molecule has 1 saturated heterocycles. The van der Waals surface area contributed by atoms with E-state index in [9.17, 15) is 4.79 Å². The third-order valence-corrected chi connectivity index (χ3v) is 2.46. The molecule has 1 aliphatic heterocycles. The molecule has 1 fully saturated rings. The number of aromatic amines is 1. The summed E-state index contributed by atoms with van der Waals surface area (Å²) in [7, 11) is 1.73. The molecule has 2 heterocycles. The number of carbonyl (C=O) groups is 1. The summed E-state index contributed by atoms with van der Waals surface area (Å²) >= 11 is 0. The Balaban J connectivity index is 1.87. The van der Waals surface area contributed by atoms with E-state index in [1.165, 1.54) is 6.20 Å². The number of carbonyl (C=O) groups excluding carboxylic acids is 1. The number of nitrogens with one attached hydrogen (secondary N) is 2. The first-order valence-electron chi connectivity index (χ1n) is 5.21. The van der Waals surface area contributed by atoms with E-state index in [4.69, 9.17) is 4.74 Å². The van der Waals surface area contributed by atoms with Gasteiger partial charge in [0.1, 0.15) is 0 Å². The molecule has 1 amide bonds. The Kier molecular flexibility index (Phi) is 3.47. The Bertz CT molecular complexity index is 334. The topological polar surface area (TPSA) is 83.1 Å². The van der Waals surface area contributed by atoms with Crippen molar-refractivity contribution in [3.05, 3.63) is 11.9 Å². The zero-order valence-corrected chi connectivity index (χ0v) is 9.14. The first-order valence-corrected chi connectivity index (χ1v) is 5.21. The second-order valence-corrected chi connectivity index (χ2v) is 3.74. The van der Waals surface area contributed by atoms with Gasteiger partial charge >= 0.3 is 0 Å². The first-order chi connectivity index (χ1) is 7.77. The molecule has 0 aromatic carbocycles. The molecule has 0 aliphatic carbocycles. The van der Waals surface area contributed by atoms with Crippen molar-refractivity contribution in [3.8, 4) is 0 Å². The number of ether oxygens (including phenoxy) is 1. The molecule has 1 aromatic heterocycles. The monoisotopic (exact) mass is 225 g/mol. The number of aromatic nitrogens is 3. The average molecular weight is 225 g/mol. The SMILES string of the molecule is CN(CC1CNCCO1)C(=O)c1cn[nH]n1. The molecule has 0 radical (unpaired) electrons. The van der Waals surface area contributed by atoms with Crippen LogP contribution in [0, 0.1) is 0 Å². The summed E-state index contributed by atoms with van der Waals surface area (Å²) in [4.78, 5) is 13.4. The van der Waals surface area contributed by atoms with Crippen LogP contribution in [-0.4, -0.2) is 65.6 Å². The highest BCUT2D eigenvalue weighted by molar-refractivity contribution is 5.91. The molecule has 2 N–H and O–H groups in total. The summed E-state index contributed by atoms with van der Waals surface area (Å²) < 4.78 is 5.52. The molecule has 7 heteroatoms. The minimum atomic E-state index is -0.150. The van der Waals surface area contributed by atoms with Gasteiger partial charge in [-0.2, -0.15) is 15.4 Å². The summed E-state index contributed by atoms with van der Waals surface area (Å²) in [5.41, 5.74) is 0.325. The predicted molar refractivity (Wildman–Crippen MR) is 56.0 cm³/mol. The molecule has 16 heavy (non-hydrogen) atoms.